The van der Waals surface area contributed by atoms with Gasteiger partial charge in [0.2, 0.25) is 0 Å². The average Bonchev–Trinajstić information content (AvgIpc) is 3.28. The lowest BCUT2D eigenvalue weighted by Crippen LogP contribution is -2.29. The van der Waals surface area contributed by atoms with Crippen LogP contribution in [0.2, 0.25) is 0 Å². The molecule has 27 heavy (non-hydrogen) atoms. The molecule has 0 aliphatic carbocycles. The number of carbonyl (C=O) groups excluding carboxylic acids is 3. The van der Waals surface area contributed by atoms with E-state index in [2.05, 4.69) is 4.98 Å². The number of aromatic nitrogens is 1. The maximum absolute atomic E-state index is 12.6. The first-order valence-electron chi connectivity index (χ1n) is 7.69. The van der Waals surface area contributed by atoms with E-state index in [9.17, 15) is 24.5 Å². The van der Waals surface area contributed by atoms with E-state index in [0.29, 0.717) is 0 Å². The number of imide groups is 1. The summed E-state index contributed by atoms with van der Waals surface area (Å²) in [5.41, 5.74) is 0.664. The standard InChI is InChI=1S/C18H9N3O5S/c22-15(10-1-4-12(5-2-10)21(25)26)11-3-6-13-14(9-11)17(24)20(16(13)23)18-19-7-8-27-18/h1-9H. The number of benzene rings is 2. The second kappa shape index (κ2) is 6.22. The second-order valence-corrected chi connectivity index (χ2v) is 6.53. The zero-order chi connectivity index (χ0) is 19.1. The number of fused-ring (bicyclic) bond motifs is 1. The zero-order valence-electron chi connectivity index (χ0n) is 13.5. The Kier molecular flexibility index (Phi) is 3.85. The number of anilines is 1. The quantitative estimate of drug-likeness (QED) is 0.298. The number of thiazole rings is 1. The minimum absolute atomic E-state index is 0.125. The first kappa shape index (κ1) is 16.7. The smallest absolute Gasteiger partial charge is 0.269 e. The number of ketones is 1. The highest BCUT2D eigenvalue weighted by Gasteiger charge is 2.38. The van der Waals surface area contributed by atoms with E-state index in [-0.39, 0.29) is 33.1 Å². The van der Waals surface area contributed by atoms with Crippen LogP contribution in [0.1, 0.15) is 36.6 Å². The zero-order valence-corrected chi connectivity index (χ0v) is 14.3. The van der Waals surface area contributed by atoms with Crippen molar-refractivity contribution in [2.45, 2.75) is 0 Å². The normalized spacial score (nSPS) is 13.0. The summed E-state index contributed by atoms with van der Waals surface area (Å²) >= 11 is 1.16. The molecule has 8 nitrogen and oxygen atoms in total. The minimum Gasteiger partial charge on any atom is -0.289 e. The van der Waals surface area contributed by atoms with Gasteiger partial charge in [-0.05, 0) is 24.3 Å². The molecule has 2 heterocycles. The van der Waals surface area contributed by atoms with Gasteiger partial charge in [-0.2, -0.15) is 0 Å². The van der Waals surface area contributed by atoms with Crippen LogP contribution in [0.5, 0.6) is 0 Å². The van der Waals surface area contributed by atoms with E-state index in [4.69, 9.17) is 0 Å². The number of non-ortho nitro benzene ring substituents is 1. The molecular weight excluding hydrogens is 370 g/mol. The fourth-order valence-corrected chi connectivity index (χ4v) is 3.42. The summed E-state index contributed by atoms with van der Waals surface area (Å²) in [6, 6.07) is 9.43. The molecule has 0 fully saturated rings. The summed E-state index contributed by atoms with van der Waals surface area (Å²) in [6.07, 6.45) is 1.49. The number of rotatable bonds is 4. The van der Waals surface area contributed by atoms with Crippen molar-refractivity contribution in [1.82, 2.24) is 4.98 Å². The number of nitro benzene ring substituents is 1. The maximum Gasteiger partial charge on any atom is 0.269 e. The fourth-order valence-electron chi connectivity index (χ4n) is 2.78. The van der Waals surface area contributed by atoms with Crippen LogP contribution in [0.25, 0.3) is 0 Å². The van der Waals surface area contributed by atoms with Crippen LogP contribution >= 0.6 is 11.3 Å². The molecule has 0 saturated carbocycles. The Morgan fingerprint density at radius 3 is 2.30 bits per heavy atom. The molecule has 9 heteroatoms. The van der Waals surface area contributed by atoms with E-state index in [1.807, 2.05) is 0 Å². The summed E-state index contributed by atoms with van der Waals surface area (Å²) in [7, 11) is 0. The van der Waals surface area contributed by atoms with Crippen molar-refractivity contribution in [2.75, 3.05) is 4.90 Å². The maximum atomic E-state index is 12.6. The number of nitro groups is 1. The molecule has 0 radical (unpaired) electrons. The molecule has 3 aromatic rings. The Balaban J connectivity index is 1.68. The molecular formula is C18H9N3O5S. The topological polar surface area (TPSA) is 110 Å². The van der Waals surface area contributed by atoms with Crippen LogP contribution in [-0.2, 0) is 0 Å². The average molecular weight is 379 g/mol. The molecule has 0 bridgehead atoms. The third kappa shape index (κ3) is 2.70. The van der Waals surface area contributed by atoms with E-state index in [0.717, 1.165) is 16.2 Å². The van der Waals surface area contributed by atoms with Crippen LogP contribution in [0.3, 0.4) is 0 Å². The first-order chi connectivity index (χ1) is 13.0. The van der Waals surface area contributed by atoms with Gasteiger partial charge in [-0.15, -0.1) is 11.3 Å². The van der Waals surface area contributed by atoms with Gasteiger partial charge in [-0.3, -0.25) is 24.5 Å². The van der Waals surface area contributed by atoms with Gasteiger partial charge in [0.1, 0.15) is 0 Å². The molecule has 4 rings (SSSR count). The number of hydrogen-bond acceptors (Lipinski definition) is 7. The molecule has 1 aromatic heterocycles. The highest BCUT2D eigenvalue weighted by Crippen LogP contribution is 2.30. The molecule has 0 unspecified atom stereocenters. The predicted molar refractivity (Wildman–Crippen MR) is 96.2 cm³/mol. The number of nitrogens with zero attached hydrogens (tertiary/aromatic N) is 3. The summed E-state index contributed by atoms with van der Waals surface area (Å²) in [5.74, 6) is -1.43. The number of amides is 2. The lowest BCUT2D eigenvalue weighted by Gasteiger charge is -2.08. The van der Waals surface area contributed by atoms with Gasteiger partial charge < -0.3 is 0 Å². The lowest BCUT2D eigenvalue weighted by molar-refractivity contribution is -0.384. The van der Waals surface area contributed by atoms with Crippen molar-refractivity contribution in [3.8, 4) is 0 Å². The summed E-state index contributed by atoms with van der Waals surface area (Å²) in [6.45, 7) is 0. The van der Waals surface area contributed by atoms with Crippen molar-refractivity contribution in [3.05, 3.63) is 86.4 Å². The molecule has 0 atom stereocenters. The van der Waals surface area contributed by atoms with Crippen molar-refractivity contribution >= 4 is 39.8 Å². The van der Waals surface area contributed by atoms with Gasteiger partial charge in [0.15, 0.2) is 10.9 Å². The predicted octanol–water partition coefficient (Wildman–Crippen LogP) is 3.08. The Bertz CT molecular complexity index is 1110. The summed E-state index contributed by atoms with van der Waals surface area (Å²) in [4.78, 5) is 52.9. The second-order valence-electron chi connectivity index (χ2n) is 5.65. The Labute approximate surface area is 155 Å². The molecule has 2 amide bonds. The largest absolute Gasteiger partial charge is 0.289 e. The van der Waals surface area contributed by atoms with Crippen LogP contribution in [0, 0.1) is 10.1 Å². The first-order valence-corrected chi connectivity index (χ1v) is 8.57. The van der Waals surface area contributed by atoms with Crippen molar-refractivity contribution in [2.24, 2.45) is 0 Å². The third-order valence-corrected chi connectivity index (χ3v) is 4.86. The Hall–Kier alpha value is -3.72. The van der Waals surface area contributed by atoms with Gasteiger partial charge in [-0.1, -0.05) is 6.07 Å². The van der Waals surface area contributed by atoms with E-state index >= 15 is 0 Å². The molecule has 2 aromatic carbocycles. The van der Waals surface area contributed by atoms with E-state index < -0.39 is 22.5 Å². The van der Waals surface area contributed by atoms with E-state index in [1.54, 1.807) is 5.38 Å². The Morgan fingerprint density at radius 2 is 1.67 bits per heavy atom. The van der Waals surface area contributed by atoms with Crippen LogP contribution in [0.15, 0.2) is 54.0 Å². The number of carbonyl (C=O) groups is 3. The van der Waals surface area contributed by atoms with Crippen molar-refractivity contribution in [3.63, 3.8) is 0 Å². The lowest BCUT2D eigenvalue weighted by atomic mass is 9.99. The monoisotopic (exact) mass is 379 g/mol. The van der Waals surface area contributed by atoms with Crippen molar-refractivity contribution < 1.29 is 19.3 Å². The molecule has 0 N–H and O–H groups in total. The summed E-state index contributed by atoms with van der Waals surface area (Å²) < 4.78 is 0. The highest BCUT2D eigenvalue weighted by atomic mass is 32.1. The molecule has 0 spiro atoms. The molecule has 132 valence electrons. The number of hydrogen-bond donors (Lipinski definition) is 0. The van der Waals surface area contributed by atoms with Gasteiger partial charge in [0.05, 0.1) is 16.1 Å². The van der Waals surface area contributed by atoms with Gasteiger partial charge >= 0.3 is 0 Å². The van der Waals surface area contributed by atoms with Crippen LogP contribution in [0.4, 0.5) is 10.8 Å². The van der Waals surface area contributed by atoms with Crippen LogP contribution < -0.4 is 4.90 Å². The van der Waals surface area contributed by atoms with Crippen molar-refractivity contribution in [1.29, 1.82) is 0 Å². The summed E-state index contributed by atoms with van der Waals surface area (Å²) in [5, 5.41) is 12.6. The SMILES string of the molecule is O=C(c1ccc([N+](=O)[O-])cc1)c1ccc2c(c1)C(=O)N(c1nccs1)C2=O. The molecule has 1 aliphatic rings. The van der Waals surface area contributed by atoms with Gasteiger partial charge in [0.25, 0.3) is 17.5 Å². The van der Waals surface area contributed by atoms with E-state index in [1.165, 1.54) is 48.7 Å². The van der Waals surface area contributed by atoms with Crippen LogP contribution in [-0.4, -0.2) is 27.5 Å². The molecule has 1 aliphatic heterocycles. The third-order valence-electron chi connectivity index (χ3n) is 4.10. The highest BCUT2D eigenvalue weighted by molar-refractivity contribution is 7.14. The van der Waals surface area contributed by atoms with Gasteiger partial charge in [0, 0.05) is 34.8 Å². The minimum atomic E-state index is -0.554. The fraction of sp³-hybridized carbons (Fsp3) is 0. The molecule has 0 saturated heterocycles. The van der Waals surface area contributed by atoms with Gasteiger partial charge in [-0.25, -0.2) is 9.88 Å². The Morgan fingerprint density at radius 1 is 1.00 bits per heavy atom.